The highest BCUT2D eigenvalue weighted by Crippen LogP contribution is 2.29. The molecule has 0 aromatic heterocycles. The Kier molecular flexibility index (Phi) is 4.95. The minimum atomic E-state index is -0.331. The van der Waals surface area contributed by atoms with Crippen LogP contribution < -0.4 is 11.1 Å². The van der Waals surface area contributed by atoms with Crippen LogP contribution in [-0.2, 0) is 9.53 Å². The molecule has 1 saturated carbocycles. The normalized spacial score (nSPS) is 30.1. The van der Waals surface area contributed by atoms with E-state index in [2.05, 4.69) is 12.2 Å². The third-order valence-electron chi connectivity index (χ3n) is 3.54. The van der Waals surface area contributed by atoms with Gasteiger partial charge < -0.3 is 15.8 Å². The van der Waals surface area contributed by atoms with Gasteiger partial charge in [-0.1, -0.05) is 13.3 Å². The number of carbonyl (C=O) groups is 1. The first-order valence-electron chi connectivity index (χ1n) is 6.44. The Hall–Kier alpha value is -0.610. The summed E-state index contributed by atoms with van der Waals surface area (Å²) in [4.78, 5) is 12.3. The van der Waals surface area contributed by atoms with Crippen LogP contribution in [0.5, 0.6) is 0 Å². The van der Waals surface area contributed by atoms with Crippen molar-refractivity contribution < 1.29 is 9.53 Å². The minimum Gasteiger partial charge on any atom is -0.382 e. The lowest BCUT2D eigenvalue weighted by Crippen LogP contribution is -2.54. The summed E-state index contributed by atoms with van der Waals surface area (Å²) in [5.74, 6) is 0.392. The van der Waals surface area contributed by atoms with E-state index in [1.165, 1.54) is 0 Å². The van der Waals surface area contributed by atoms with Crippen LogP contribution in [-0.4, -0.2) is 31.2 Å². The number of hydrogen-bond donors (Lipinski definition) is 2. The number of carbonyl (C=O) groups excluding carboxylic acids is 1. The van der Waals surface area contributed by atoms with Gasteiger partial charge in [0.1, 0.15) is 0 Å². The lowest BCUT2D eigenvalue weighted by Gasteiger charge is -2.36. The molecular weight excluding hydrogens is 216 g/mol. The van der Waals surface area contributed by atoms with Crippen LogP contribution in [0.25, 0.3) is 0 Å². The van der Waals surface area contributed by atoms with Gasteiger partial charge in [0.25, 0.3) is 0 Å². The van der Waals surface area contributed by atoms with E-state index >= 15 is 0 Å². The summed E-state index contributed by atoms with van der Waals surface area (Å²) < 4.78 is 5.10. The SMILES string of the molecule is COCC(C)(C)NC(=O)C1C(C)CCCC1N. The number of nitrogens with one attached hydrogen (secondary N) is 1. The molecule has 0 aromatic rings. The molecule has 1 fully saturated rings. The highest BCUT2D eigenvalue weighted by Gasteiger charge is 2.35. The Balaban J connectivity index is 2.62. The third kappa shape index (κ3) is 3.96. The second kappa shape index (κ2) is 5.83. The summed E-state index contributed by atoms with van der Waals surface area (Å²) in [6.45, 7) is 6.56. The van der Waals surface area contributed by atoms with Gasteiger partial charge in [0, 0.05) is 13.2 Å². The van der Waals surface area contributed by atoms with Crippen LogP contribution in [0.2, 0.25) is 0 Å². The predicted octanol–water partition coefficient (Wildman–Crippen LogP) is 1.29. The van der Waals surface area contributed by atoms with E-state index in [0.29, 0.717) is 12.5 Å². The third-order valence-corrected chi connectivity index (χ3v) is 3.54. The van der Waals surface area contributed by atoms with Crippen molar-refractivity contribution in [1.82, 2.24) is 5.32 Å². The maximum atomic E-state index is 12.3. The molecule has 0 aliphatic heterocycles. The van der Waals surface area contributed by atoms with Gasteiger partial charge in [0.05, 0.1) is 18.1 Å². The molecule has 17 heavy (non-hydrogen) atoms. The van der Waals surface area contributed by atoms with E-state index in [-0.39, 0.29) is 23.4 Å². The van der Waals surface area contributed by atoms with E-state index in [1.807, 2.05) is 13.8 Å². The van der Waals surface area contributed by atoms with Crippen molar-refractivity contribution in [2.75, 3.05) is 13.7 Å². The summed E-state index contributed by atoms with van der Waals surface area (Å²) in [6, 6.07) is -0.00269. The van der Waals surface area contributed by atoms with E-state index in [0.717, 1.165) is 19.3 Å². The number of amides is 1. The van der Waals surface area contributed by atoms with Crippen LogP contribution in [0.4, 0.5) is 0 Å². The first-order valence-corrected chi connectivity index (χ1v) is 6.44. The smallest absolute Gasteiger partial charge is 0.225 e. The lowest BCUT2D eigenvalue weighted by atomic mass is 9.76. The van der Waals surface area contributed by atoms with Crippen molar-refractivity contribution in [2.24, 2.45) is 17.6 Å². The molecule has 1 aliphatic carbocycles. The monoisotopic (exact) mass is 242 g/mol. The van der Waals surface area contributed by atoms with E-state index in [1.54, 1.807) is 7.11 Å². The zero-order chi connectivity index (χ0) is 13.1. The van der Waals surface area contributed by atoms with Gasteiger partial charge in [-0.25, -0.2) is 0 Å². The molecule has 0 bridgehead atoms. The van der Waals surface area contributed by atoms with Gasteiger partial charge >= 0.3 is 0 Å². The van der Waals surface area contributed by atoms with Crippen molar-refractivity contribution in [1.29, 1.82) is 0 Å². The maximum absolute atomic E-state index is 12.3. The van der Waals surface area contributed by atoms with Gasteiger partial charge in [0.15, 0.2) is 0 Å². The molecule has 4 nitrogen and oxygen atoms in total. The van der Waals surface area contributed by atoms with Crippen molar-refractivity contribution in [3.8, 4) is 0 Å². The van der Waals surface area contributed by atoms with Gasteiger partial charge in [0.2, 0.25) is 5.91 Å². The summed E-state index contributed by atoms with van der Waals surface area (Å²) in [5.41, 5.74) is 5.74. The summed E-state index contributed by atoms with van der Waals surface area (Å²) >= 11 is 0. The molecule has 0 heterocycles. The van der Waals surface area contributed by atoms with Gasteiger partial charge in [-0.3, -0.25) is 4.79 Å². The molecule has 0 spiro atoms. The van der Waals surface area contributed by atoms with Gasteiger partial charge in [-0.15, -0.1) is 0 Å². The molecular formula is C13H26N2O2. The number of nitrogens with two attached hydrogens (primary N) is 1. The average molecular weight is 242 g/mol. The second-order valence-corrected chi connectivity index (χ2v) is 5.90. The van der Waals surface area contributed by atoms with Crippen LogP contribution in [0.15, 0.2) is 0 Å². The number of methoxy groups -OCH3 is 1. The fraction of sp³-hybridized carbons (Fsp3) is 0.923. The van der Waals surface area contributed by atoms with Crippen LogP contribution >= 0.6 is 0 Å². The molecule has 0 saturated heterocycles. The highest BCUT2D eigenvalue weighted by atomic mass is 16.5. The van der Waals surface area contributed by atoms with Crippen molar-refractivity contribution in [3.63, 3.8) is 0 Å². The van der Waals surface area contributed by atoms with E-state index in [9.17, 15) is 4.79 Å². The van der Waals surface area contributed by atoms with Crippen molar-refractivity contribution in [2.45, 2.75) is 51.6 Å². The van der Waals surface area contributed by atoms with Gasteiger partial charge in [-0.05, 0) is 32.6 Å². The minimum absolute atomic E-state index is 0.00269. The molecule has 0 radical (unpaired) electrons. The first kappa shape index (κ1) is 14.5. The lowest BCUT2D eigenvalue weighted by molar-refractivity contribution is -0.130. The summed E-state index contributed by atoms with van der Waals surface area (Å²) in [5, 5.41) is 3.04. The molecule has 3 atom stereocenters. The molecule has 1 aliphatic rings. The zero-order valence-electron chi connectivity index (χ0n) is 11.5. The summed E-state index contributed by atoms with van der Waals surface area (Å²) in [6.07, 6.45) is 3.18. The number of hydrogen-bond acceptors (Lipinski definition) is 3. The summed E-state index contributed by atoms with van der Waals surface area (Å²) in [7, 11) is 1.64. The highest BCUT2D eigenvalue weighted by molar-refractivity contribution is 5.80. The topological polar surface area (TPSA) is 64.3 Å². The molecule has 100 valence electrons. The number of ether oxygens (including phenoxy) is 1. The molecule has 1 rings (SSSR count). The Morgan fingerprint density at radius 3 is 2.65 bits per heavy atom. The van der Waals surface area contributed by atoms with Crippen molar-refractivity contribution in [3.05, 3.63) is 0 Å². The molecule has 0 aromatic carbocycles. The predicted molar refractivity (Wildman–Crippen MR) is 68.6 cm³/mol. The standard InChI is InChI=1S/C13H26N2O2/c1-9-6-5-7-10(14)11(9)12(16)15-13(2,3)8-17-4/h9-11H,5-8,14H2,1-4H3,(H,15,16). The average Bonchev–Trinajstić information content (AvgIpc) is 2.15. The molecule has 1 amide bonds. The largest absolute Gasteiger partial charge is 0.382 e. The second-order valence-electron chi connectivity index (χ2n) is 5.90. The van der Waals surface area contributed by atoms with Crippen LogP contribution in [0.3, 0.4) is 0 Å². The maximum Gasteiger partial charge on any atom is 0.225 e. The Bertz CT molecular complexity index is 256. The van der Waals surface area contributed by atoms with E-state index < -0.39 is 0 Å². The van der Waals surface area contributed by atoms with Crippen LogP contribution in [0, 0.1) is 11.8 Å². The van der Waals surface area contributed by atoms with Crippen molar-refractivity contribution >= 4 is 5.91 Å². The van der Waals surface area contributed by atoms with E-state index in [4.69, 9.17) is 10.5 Å². The fourth-order valence-corrected chi connectivity index (χ4v) is 2.72. The molecule has 3 unspecified atom stereocenters. The van der Waals surface area contributed by atoms with Gasteiger partial charge in [-0.2, -0.15) is 0 Å². The fourth-order valence-electron chi connectivity index (χ4n) is 2.72. The first-order chi connectivity index (χ1) is 7.87. The Labute approximate surface area is 104 Å². The Morgan fingerprint density at radius 2 is 2.12 bits per heavy atom. The number of rotatable bonds is 4. The zero-order valence-corrected chi connectivity index (χ0v) is 11.5. The molecule has 4 heteroatoms. The van der Waals surface area contributed by atoms with Crippen LogP contribution in [0.1, 0.15) is 40.0 Å². The molecule has 3 N–H and O–H groups in total. The quantitative estimate of drug-likeness (QED) is 0.781. The Morgan fingerprint density at radius 1 is 1.47 bits per heavy atom.